The number of methoxy groups -OCH3 is 3. The van der Waals surface area contributed by atoms with Gasteiger partial charge in [0.1, 0.15) is 0 Å². The van der Waals surface area contributed by atoms with Crippen molar-refractivity contribution in [1.82, 2.24) is 10.2 Å². The molecule has 148 valence electrons. The molecular formula is C19H31ClN2O4. The Kier molecular flexibility index (Phi) is 9.59. The predicted molar refractivity (Wildman–Crippen MR) is 105 cm³/mol. The van der Waals surface area contributed by atoms with Crippen LogP contribution >= 0.6 is 12.4 Å². The Labute approximate surface area is 162 Å². The van der Waals surface area contributed by atoms with Crippen LogP contribution in [0.5, 0.6) is 17.2 Å². The third-order valence-electron chi connectivity index (χ3n) is 4.76. The highest BCUT2D eigenvalue weighted by molar-refractivity contribution is 5.85. The Balaban J connectivity index is 0.00000338. The van der Waals surface area contributed by atoms with Crippen LogP contribution in [-0.4, -0.2) is 58.8 Å². The van der Waals surface area contributed by atoms with E-state index in [9.17, 15) is 4.79 Å². The number of amides is 1. The van der Waals surface area contributed by atoms with Crippen LogP contribution in [-0.2, 0) is 11.2 Å². The molecule has 1 atom stereocenters. The van der Waals surface area contributed by atoms with E-state index in [4.69, 9.17) is 14.2 Å². The zero-order chi connectivity index (χ0) is 18.2. The van der Waals surface area contributed by atoms with Gasteiger partial charge in [0.15, 0.2) is 11.5 Å². The number of aryl methyl sites for hydroxylation is 1. The highest BCUT2D eigenvalue weighted by atomic mass is 35.5. The fourth-order valence-corrected chi connectivity index (χ4v) is 3.51. The van der Waals surface area contributed by atoms with Crippen molar-refractivity contribution in [2.45, 2.75) is 25.7 Å². The second-order valence-corrected chi connectivity index (χ2v) is 6.40. The van der Waals surface area contributed by atoms with E-state index in [2.05, 4.69) is 5.32 Å². The summed E-state index contributed by atoms with van der Waals surface area (Å²) in [4.78, 5) is 14.6. The van der Waals surface area contributed by atoms with Crippen molar-refractivity contribution in [3.05, 3.63) is 17.7 Å². The number of carbonyl (C=O) groups is 1. The normalized spacial score (nSPS) is 16.6. The first-order valence-electron chi connectivity index (χ1n) is 8.84. The third-order valence-corrected chi connectivity index (χ3v) is 4.76. The molecule has 1 aromatic carbocycles. The van der Waals surface area contributed by atoms with Gasteiger partial charge in [0.25, 0.3) is 0 Å². The first-order chi connectivity index (χ1) is 12.1. The van der Waals surface area contributed by atoms with E-state index in [1.54, 1.807) is 21.3 Å². The summed E-state index contributed by atoms with van der Waals surface area (Å²) < 4.78 is 16.2. The maximum absolute atomic E-state index is 12.6. The number of halogens is 1. The molecule has 0 saturated carbocycles. The minimum Gasteiger partial charge on any atom is -0.493 e. The lowest BCUT2D eigenvalue weighted by molar-refractivity contribution is -0.132. The van der Waals surface area contributed by atoms with Gasteiger partial charge in [0.2, 0.25) is 11.7 Å². The fourth-order valence-electron chi connectivity index (χ4n) is 3.51. The zero-order valence-electron chi connectivity index (χ0n) is 16.2. The summed E-state index contributed by atoms with van der Waals surface area (Å²) in [5.41, 5.74) is 0.956. The summed E-state index contributed by atoms with van der Waals surface area (Å²) in [7, 11) is 6.75. The highest BCUT2D eigenvalue weighted by Gasteiger charge is 2.23. The second kappa shape index (κ2) is 11.1. The number of hydrogen-bond acceptors (Lipinski definition) is 5. The standard InChI is InChI=1S/C19H30N2O4.ClH/c1-20-12-14-6-5-11-21(13-14)17(22)10-8-15-7-9-16(23-2)19(25-4)18(15)24-3;/h7,9,14,20H,5-6,8,10-13H2,1-4H3;1H. The van der Waals surface area contributed by atoms with Crippen LogP contribution in [0.25, 0.3) is 0 Å². The number of piperidine rings is 1. The Morgan fingerprint density at radius 1 is 1.19 bits per heavy atom. The third kappa shape index (κ3) is 5.42. The van der Waals surface area contributed by atoms with Crippen molar-refractivity contribution in [3.8, 4) is 17.2 Å². The molecule has 1 aliphatic heterocycles. The molecular weight excluding hydrogens is 356 g/mol. The lowest BCUT2D eigenvalue weighted by Crippen LogP contribution is -2.42. The first kappa shape index (κ1) is 22.4. The molecule has 1 unspecified atom stereocenters. The smallest absolute Gasteiger partial charge is 0.222 e. The largest absolute Gasteiger partial charge is 0.493 e. The lowest BCUT2D eigenvalue weighted by Gasteiger charge is -2.33. The summed E-state index contributed by atoms with van der Waals surface area (Å²) in [5.74, 6) is 2.60. The number of rotatable bonds is 8. The fraction of sp³-hybridized carbons (Fsp3) is 0.632. The van der Waals surface area contributed by atoms with Crippen molar-refractivity contribution in [2.75, 3.05) is 48.0 Å². The van der Waals surface area contributed by atoms with Gasteiger partial charge < -0.3 is 24.4 Å². The second-order valence-electron chi connectivity index (χ2n) is 6.40. The summed E-state index contributed by atoms with van der Waals surface area (Å²) in [6.45, 7) is 2.68. The van der Waals surface area contributed by atoms with Crippen LogP contribution in [0.15, 0.2) is 12.1 Å². The molecule has 26 heavy (non-hydrogen) atoms. The molecule has 6 nitrogen and oxygen atoms in total. The molecule has 1 fully saturated rings. The maximum atomic E-state index is 12.6. The molecule has 0 spiro atoms. The average molecular weight is 387 g/mol. The van der Waals surface area contributed by atoms with Crippen LogP contribution in [0.1, 0.15) is 24.8 Å². The Morgan fingerprint density at radius 2 is 1.92 bits per heavy atom. The molecule has 7 heteroatoms. The first-order valence-corrected chi connectivity index (χ1v) is 8.84. The van der Waals surface area contributed by atoms with Gasteiger partial charge in [-0.1, -0.05) is 6.07 Å². The van der Waals surface area contributed by atoms with Gasteiger partial charge in [-0.2, -0.15) is 0 Å². The van der Waals surface area contributed by atoms with E-state index in [1.807, 2.05) is 24.1 Å². The number of ether oxygens (including phenoxy) is 3. The molecule has 0 aromatic heterocycles. The van der Waals surface area contributed by atoms with Gasteiger partial charge in [-0.3, -0.25) is 4.79 Å². The van der Waals surface area contributed by atoms with Crippen LogP contribution in [0.4, 0.5) is 0 Å². The summed E-state index contributed by atoms with van der Waals surface area (Å²) in [6, 6.07) is 3.79. The summed E-state index contributed by atoms with van der Waals surface area (Å²) >= 11 is 0. The van der Waals surface area contributed by atoms with Crippen LogP contribution < -0.4 is 19.5 Å². The van der Waals surface area contributed by atoms with Crippen molar-refractivity contribution >= 4 is 18.3 Å². The van der Waals surface area contributed by atoms with E-state index >= 15 is 0 Å². The SMILES string of the molecule is CNCC1CCCN(C(=O)CCc2ccc(OC)c(OC)c2OC)C1.Cl. The van der Waals surface area contributed by atoms with Crippen molar-refractivity contribution in [3.63, 3.8) is 0 Å². The zero-order valence-corrected chi connectivity index (χ0v) is 17.0. The number of likely N-dealkylation sites (tertiary alicyclic amines) is 1. The minimum absolute atomic E-state index is 0. The van der Waals surface area contributed by atoms with Gasteiger partial charge in [-0.25, -0.2) is 0 Å². The van der Waals surface area contributed by atoms with Gasteiger partial charge in [0, 0.05) is 19.5 Å². The average Bonchev–Trinajstić information content (AvgIpc) is 2.65. The number of carbonyl (C=O) groups excluding carboxylic acids is 1. The molecule has 0 bridgehead atoms. The van der Waals surface area contributed by atoms with E-state index < -0.39 is 0 Å². The topological polar surface area (TPSA) is 60.0 Å². The number of benzene rings is 1. The molecule has 1 heterocycles. The van der Waals surface area contributed by atoms with E-state index in [-0.39, 0.29) is 18.3 Å². The van der Waals surface area contributed by atoms with Gasteiger partial charge in [-0.05, 0) is 50.4 Å². The summed E-state index contributed by atoms with van der Waals surface area (Å²) in [5, 5.41) is 3.21. The summed E-state index contributed by atoms with van der Waals surface area (Å²) in [6.07, 6.45) is 3.36. The van der Waals surface area contributed by atoms with Gasteiger partial charge in [-0.15, -0.1) is 12.4 Å². The molecule has 0 radical (unpaired) electrons. The molecule has 1 N–H and O–H groups in total. The van der Waals surface area contributed by atoms with Crippen LogP contribution in [0.3, 0.4) is 0 Å². The maximum Gasteiger partial charge on any atom is 0.222 e. The number of nitrogens with zero attached hydrogens (tertiary/aromatic N) is 1. The van der Waals surface area contributed by atoms with E-state index in [0.717, 1.165) is 31.6 Å². The predicted octanol–water partition coefficient (Wildman–Crippen LogP) is 2.52. The molecule has 1 aliphatic rings. The van der Waals surface area contributed by atoms with Gasteiger partial charge in [0.05, 0.1) is 21.3 Å². The Morgan fingerprint density at radius 3 is 2.54 bits per heavy atom. The lowest BCUT2D eigenvalue weighted by atomic mass is 9.97. The number of nitrogens with one attached hydrogen (secondary N) is 1. The molecule has 1 saturated heterocycles. The molecule has 1 amide bonds. The van der Waals surface area contributed by atoms with E-state index in [0.29, 0.717) is 36.0 Å². The van der Waals surface area contributed by atoms with Crippen LogP contribution in [0.2, 0.25) is 0 Å². The molecule has 1 aromatic rings. The quantitative estimate of drug-likeness (QED) is 0.743. The Bertz CT molecular complexity index is 581. The van der Waals surface area contributed by atoms with Gasteiger partial charge >= 0.3 is 0 Å². The molecule has 2 rings (SSSR count). The van der Waals surface area contributed by atoms with Crippen LogP contribution in [0, 0.1) is 5.92 Å². The highest BCUT2D eigenvalue weighted by Crippen LogP contribution is 2.40. The minimum atomic E-state index is 0. The van der Waals surface area contributed by atoms with Crippen molar-refractivity contribution < 1.29 is 19.0 Å². The Hall–Kier alpha value is -1.66. The molecule has 0 aliphatic carbocycles. The van der Waals surface area contributed by atoms with Crippen molar-refractivity contribution in [1.29, 1.82) is 0 Å². The number of hydrogen-bond donors (Lipinski definition) is 1. The van der Waals surface area contributed by atoms with Crippen molar-refractivity contribution in [2.24, 2.45) is 5.92 Å². The van der Waals surface area contributed by atoms with E-state index in [1.165, 1.54) is 6.42 Å². The monoisotopic (exact) mass is 386 g/mol.